The average molecular weight is 520 g/mol. The lowest BCUT2D eigenvalue weighted by Gasteiger charge is -2.48. The van der Waals surface area contributed by atoms with Crippen LogP contribution in [0, 0.1) is 0 Å². The Morgan fingerprint density at radius 2 is 1.90 bits per heavy atom. The Morgan fingerprint density at radius 1 is 1.17 bits per heavy atom. The molecule has 29 heavy (non-hydrogen) atoms. The van der Waals surface area contributed by atoms with Crippen molar-refractivity contribution in [3.05, 3.63) is 11.7 Å². The smallest absolute Gasteiger partial charge is 0.228 e. The summed E-state index contributed by atoms with van der Waals surface area (Å²) < 4.78 is 10.9. The minimum Gasteiger partial charge on any atom is -0.379 e. The summed E-state index contributed by atoms with van der Waals surface area (Å²) in [6.45, 7) is 9.51. The van der Waals surface area contributed by atoms with Crippen molar-refractivity contribution < 1.29 is 9.26 Å². The third-order valence-corrected chi connectivity index (χ3v) is 5.91. The third kappa shape index (κ3) is 6.78. The van der Waals surface area contributed by atoms with Gasteiger partial charge in [-0.05, 0) is 12.8 Å². The minimum atomic E-state index is 0. The molecule has 1 aliphatic carbocycles. The Balaban J connectivity index is 0.00000300. The van der Waals surface area contributed by atoms with Crippen LogP contribution in [0.5, 0.6) is 0 Å². The monoisotopic (exact) mass is 520 g/mol. The second-order valence-corrected chi connectivity index (χ2v) is 8.19. The van der Waals surface area contributed by atoms with E-state index in [1.165, 1.54) is 32.1 Å². The Kier molecular flexibility index (Phi) is 10.1. The van der Waals surface area contributed by atoms with Gasteiger partial charge in [-0.1, -0.05) is 38.3 Å². The molecule has 0 atom stereocenters. The molecule has 0 spiro atoms. The number of nitrogens with one attached hydrogen (secondary N) is 2. The fraction of sp³-hybridized carbons (Fsp3) is 0.850. The highest BCUT2D eigenvalue weighted by Crippen LogP contribution is 2.33. The molecule has 1 aliphatic heterocycles. The van der Waals surface area contributed by atoms with E-state index in [4.69, 9.17) is 9.26 Å². The first-order chi connectivity index (χ1) is 13.6. The molecule has 2 N–H and O–H groups in total. The molecule has 9 heteroatoms. The van der Waals surface area contributed by atoms with E-state index < -0.39 is 0 Å². The lowest BCUT2D eigenvalue weighted by atomic mass is 9.80. The molecule has 0 aromatic carbocycles. The first kappa shape index (κ1) is 24.3. The molecule has 0 amide bonds. The number of aliphatic imine (C=N–C) groups is 1. The Hall–Kier alpha value is -0.940. The standard InChI is InChI=1S/C20H36N6O2.HI/c1-16(2)18-24-17(28-25-18)7-10-22-19(21-3)23-15-20(8-5-4-6-9-20)26-11-13-27-14-12-26;/h16H,4-15H2,1-3H3,(H2,21,22,23);1H. The van der Waals surface area contributed by atoms with Crippen molar-refractivity contribution in [1.29, 1.82) is 0 Å². The van der Waals surface area contributed by atoms with Crippen LogP contribution in [0.25, 0.3) is 0 Å². The maximum absolute atomic E-state index is 5.58. The van der Waals surface area contributed by atoms with Crippen molar-refractivity contribution in [2.75, 3.05) is 46.4 Å². The molecule has 8 nitrogen and oxygen atoms in total. The van der Waals surface area contributed by atoms with E-state index in [0.29, 0.717) is 18.9 Å². The predicted molar refractivity (Wildman–Crippen MR) is 125 cm³/mol. The molecule has 2 aliphatic rings. The first-order valence-corrected chi connectivity index (χ1v) is 10.7. The fourth-order valence-electron chi connectivity index (χ4n) is 4.21. The normalized spacial score (nSPS) is 20.3. The molecular weight excluding hydrogens is 483 g/mol. The topological polar surface area (TPSA) is 87.8 Å². The molecule has 1 saturated heterocycles. The molecule has 1 saturated carbocycles. The zero-order valence-corrected chi connectivity index (χ0v) is 20.4. The maximum Gasteiger partial charge on any atom is 0.228 e. The van der Waals surface area contributed by atoms with Crippen LogP contribution >= 0.6 is 24.0 Å². The van der Waals surface area contributed by atoms with E-state index in [-0.39, 0.29) is 35.4 Å². The van der Waals surface area contributed by atoms with Crippen molar-refractivity contribution >= 4 is 29.9 Å². The molecule has 0 unspecified atom stereocenters. The van der Waals surface area contributed by atoms with Gasteiger partial charge < -0.3 is 19.9 Å². The van der Waals surface area contributed by atoms with Gasteiger partial charge in [-0.2, -0.15) is 4.98 Å². The highest BCUT2D eigenvalue weighted by molar-refractivity contribution is 14.0. The molecule has 0 bridgehead atoms. The molecule has 2 heterocycles. The number of hydrogen-bond donors (Lipinski definition) is 2. The summed E-state index contributed by atoms with van der Waals surface area (Å²) in [5.41, 5.74) is 0.221. The third-order valence-electron chi connectivity index (χ3n) is 5.91. The molecule has 1 aromatic heterocycles. The van der Waals surface area contributed by atoms with E-state index in [1.807, 2.05) is 7.05 Å². The van der Waals surface area contributed by atoms with Crippen molar-refractivity contribution in [3.63, 3.8) is 0 Å². The SMILES string of the molecule is CN=C(NCCc1nc(C(C)C)no1)NCC1(N2CCOCC2)CCCCC1.I. The van der Waals surface area contributed by atoms with Crippen LogP contribution in [0.4, 0.5) is 0 Å². The Labute approximate surface area is 191 Å². The largest absolute Gasteiger partial charge is 0.379 e. The second kappa shape index (κ2) is 12.0. The van der Waals surface area contributed by atoms with Crippen molar-refractivity contribution in [1.82, 2.24) is 25.7 Å². The van der Waals surface area contributed by atoms with E-state index >= 15 is 0 Å². The number of guanidine groups is 1. The van der Waals surface area contributed by atoms with Crippen LogP contribution in [0.1, 0.15) is 63.6 Å². The number of ether oxygens (including phenoxy) is 1. The molecule has 2 fully saturated rings. The number of rotatable bonds is 7. The number of morpholine rings is 1. The Morgan fingerprint density at radius 3 is 2.52 bits per heavy atom. The van der Waals surface area contributed by atoms with Crippen LogP contribution in [0.3, 0.4) is 0 Å². The summed E-state index contributed by atoms with van der Waals surface area (Å²) in [5, 5.41) is 11.0. The summed E-state index contributed by atoms with van der Waals surface area (Å²) in [5.74, 6) is 2.56. The van der Waals surface area contributed by atoms with E-state index in [0.717, 1.165) is 44.6 Å². The van der Waals surface area contributed by atoms with Gasteiger partial charge in [0.2, 0.25) is 5.89 Å². The highest BCUT2D eigenvalue weighted by atomic mass is 127. The van der Waals surface area contributed by atoms with Crippen molar-refractivity contribution in [3.8, 4) is 0 Å². The summed E-state index contributed by atoms with van der Waals surface area (Å²) >= 11 is 0. The predicted octanol–water partition coefficient (Wildman–Crippen LogP) is 2.55. The van der Waals surface area contributed by atoms with Gasteiger partial charge in [-0.15, -0.1) is 24.0 Å². The fourth-order valence-corrected chi connectivity index (χ4v) is 4.21. The lowest BCUT2D eigenvalue weighted by Crippen LogP contribution is -2.60. The number of nitrogens with zero attached hydrogens (tertiary/aromatic N) is 4. The van der Waals surface area contributed by atoms with Crippen LogP contribution in [-0.4, -0.2) is 73.0 Å². The zero-order chi connectivity index (χ0) is 19.8. The quantitative estimate of drug-likeness (QED) is 0.325. The summed E-state index contributed by atoms with van der Waals surface area (Å²) in [4.78, 5) is 11.5. The number of halogens is 1. The highest BCUT2D eigenvalue weighted by Gasteiger charge is 2.38. The van der Waals surface area contributed by atoms with E-state index in [2.05, 4.69) is 44.5 Å². The van der Waals surface area contributed by atoms with Gasteiger partial charge in [0.15, 0.2) is 11.8 Å². The van der Waals surface area contributed by atoms with Crippen molar-refractivity contribution in [2.45, 2.75) is 63.8 Å². The summed E-state index contributed by atoms with van der Waals surface area (Å²) in [6, 6.07) is 0. The summed E-state index contributed by atoms with van der Waals surface area (Å²) in [6.07, 6.45) is 7.14. The van der Waals surface area contributed by atoms with Crippen LogP contribution < -0.4 is 10.6 Å². The lowest BCUT2D eigenvalue weighted by molar-refractivity contribution is -0.0352. The average Bonchev–Trinajstić information content (AvgIpc) is 3.21. The second-order valence-electron chi connectivity index (χ2n) is 8.19. The van der Waals surface area contributed by atoms with E-state index in [1.54, 1.807) is 0 Å². The molecular formula is C20H37IN6O2. The van der Waals surface area contributed by atoms with Gasteiger partial charge in [-0.25, -0.2) is 0 Å². The van der Waals surface area contributed by atoms with Gasteiger partial charge in [0, 0.05) is 51.1 Å². The number of hydrogen-bond acceptors (Lipinski definition) is 6. The van der Waals surface area contributed by atoms with Crippen LogP contribution in [-0.2, 0) is 11.2 Å². The van der Waals surface area contributed by atoms with Crippen LogP contribution in [0.2, 0.25) is 0 Å². The minimum absolute atomic E-state index is 0. The van der Waals surface area contributed by atoms with E-state index in [9.17, 15) is 0 Å². The van der Waals surface area contributed by atoms with Gasteiger partial charge in [-0.3, -0.25) is 9.89 Å². The van der Waals surface area contributed by atoms with Crippen molar-refractivity contribution in [2.24, 2.45) is 4.99 Å². The molecule has 3 rings (SSSR count). The van der Waals surface area contributed by atoms with Gasteiger partial charge >= 0.3 is 0 Å². The van der Waals surface area contributed by atoms with Gasteiger partial charge in [0.1, 0.15) is 0 Å². The van der Waals surface area contributed by atoms with Gasteiger partial charge in [0.25, 0.3) is 0 Å². The molecule has 0 radical (unpaired) electrons. The Bertz CT molecular complexity index is 624. The molecule has 1 aromatic rings. The van der Waals surface area contributed by atoms with Gasteiger partial charge in [0.05, 0.1) is 13.2 Å². The first-order valence-electron chi connectivity index (χ1n) is 10.7. The molecule has 166 valence electrons. The van der Waals surface area contributed by atoms with Crippen LogP contribution in [0.15, 0.2) is 9.52 Å². The maximum atomic E-state index is 5.58. The zero-order valence-electron chi connectivity index (χ0n) is 18.1. The number of aromatic nitrogens is 2. The summed E-state index contributed by atoms with van der Waals surface area (Å²) in [7, 11) is 1.82.